The number of aromatic nitrogens is 1. The first-order valence-corrected chi connectivity index (χ1v) is 10.3. The molecule has 3 aromatic carbocycles. The zero-order valence-electron chi connectivity index (χ0n) is 17.1. The van der Waals surface area contributed by atoms with Crippen LogP contribution in [0.4, 0.5) is 0 Å². The lowest BCUT2D eigenvalue weighted by molar-refractivity contribution is 0.883. The van der Waals surface area contributed by atoms with Gasteiger partial charge in [0, 0.05) is 24.7 Å². The maximum Gasteiger partial charge on any atom is 0.245 e. The minimum atomic E-state index is 0.365. The summed E-state index contributed by atoms with van der Waals surface area (Å²) in [6.07, 6.45) is 2.11. The summed E-state index contributed by atoms with van der Waals surface area (Å²) in [5.74, 6) is 0. The Hall–Kier alpha value is -2.74. The van der Waals surface area contributed by atoms with Crippen LogP contribution < -0.4 is 16.4 Å². The number of hydrogen-bond acceptors (Lipinski definition) is 0. The Morgan fingerprint density at radius 1 is 0.714 bits per heavy atom. The van der Waals surface area contributed by atoms with Crippen LogP contribution in [0.25, 0.3) is 10.9 Å². The third-order valence-corrected chi connectivity index (χ3v) is 6.94. The van der Waals surface area contributed by atoms with E-state index in [1.807, 2.05) is 0 Å². The molecule has 1 nitrogen and oxygen atoms in total. The van der Waals surface area contributed by atoms with E-state index in [1.165, 1.54) is 55.4 Å². The molecule has 2 aliphatic heterocycles. The van der Waals surface area contributed by atoms with Crippen molar-refractivity contribution in [2.75, 3.05) is 0 Å². The average Bonchev–Trinajstić information content (AvgIpc) is 2.93. The fraction of sp³-hybridized carbons (Fsp3) is 0.231. The minimum Gasteiger partial charge on any atom is -0.348 e. The second-order valence-electron chi connectivity index (χ2n) is 8.93. The zero-order chi connectivity index (χ0) is 19.2. The standard InChI is InChI=1S/C26H24BN/c1-15-5-7-18-13-19-9-17(3)10-20-14-24-26(27(25(19)20)22(18)11-15)21-8-6-16(2)12-23(21)28(24)4/h5-12H,13-14H2,1-4H3. The third kappa shape index (κ3) is 2.04. The molecule has 0 aliphatic carbocycles. The predicted octanol–water partition coefficient (Wildman–Crippen LogP) is 3.43. The van der Waals surface area contributed by atoms with E-state index in [9.17, 15) is 0 Å². The SMILES string of the molecule is Cc1cc2c3c(c1)Cc1c(c4ccc(C)cc4n1C)B3c1cc(C)ccc1C2. The summed E-state index contributed by atoms with van der Waals surface area (Å²) >= 11 is 0. The van der Waals surface area contributed by atoms with Gasteiger partial charge in [-0.2, -0.15) is 0 Å². The monoisotopic (exact) mass is 361 g/mol. The summed E-state index contributed by atoms with van der Waals surface area (Å²) in [7, 11) is 2.25. The van der Waals surface area contributed by atoms with E-state index >= 15 is 0 Å². The highest BCUT2D eigenvalue weighted by Crippen LogP contribution is 2.28. The van der Waals surface area contributed by atoms with Crippen LogP contribution in [0.1, 0.15) is 39.1 Å². The van der Waals surface area contributed by atoms with E-state index in [4.69, 9.17) is 0 Å². The molecule has 6 rings (SSSR count). The average molecular weight is 361 g/mol. The van der Waals surface area contributed by atoms with Crippen molar-refractivity contribution in [2.45, 2.75) is 33.6 Å². The van der Waals surface area contributed by atoms with Gasteiger partial charge in [-0.3, -0.25) is 0 Å². The van der Waals surface area contributed by atoms with E-state index in [0.29, 0.717) is 6.71 Å². The Balaban J connectivity index is 1.76. The smallest absolute Gasteiger partial charge is 0.245 e. The molecular weight excluding hydrogens is 337 g/mol. The molecule has 4 aromatic rings. The molecule has 0 unspecified atom stereocenters. The zero-order valence-corrected chi connectivity index (χ0v) is 17.1. The van der Waals surface area contributed by atoms with Crippen LogP contribution in [0.5, 0.6) is 0 Å². The van der Waals surface area contributed by atoms with E-state index in [-0.39, 0.29) is 0 Å². The van der Waals surface area contributed by atoms with Gasteiger partial charge in [-0.15, -0.1) is 0 Å². The largest absolute Gasteiger partial charge is 0.348 e. The maximum atomic E-state index is 2.45. The second-order valence-corrected chi connectivity index (χ2v) is 8.93. The molecule has 2 heteroatoms. The maximum absolute atomic E-state index is 2.45. The fourth-order valence-electron chi connectivity index (χ4n) is 5.77. The van der Waals surface area contributed by atoms with E-state index in [0.717, 1.165) is 12.8 Å². The van der Waals surface area contributed by atoms with Crippen molar-refractivity contribution in [1.29, 1.82) is 0 Å². The molecule has 0 spiro atoms. The lowest BCUT2D eigenvalue weighted by atomic mass is 9.30. The molecule has 0 fully saturated rings. The highest BCUT2D eigenvalue weighted by molar-refractivity contribution is 6.98. The topological polar surface area (TPSA) is 4.93 Å². The molecule has 1 aromatic heterocycles. The van der Waals surface area contributed by atoms with Crippen LogP contribution >= 0.6 is 0 Å². The van der Waals surface area contributed by atoms with Gasteiger partial charge in [0.05, 0.1) is 0 Å². The lowest BCUT2D eigenvalue weighted by Gasteiger charge is -2.33. The summed E-state index contributed by atoms with van der Waals surface area (Å²) < 4.78 is 2.45. The molecule has 0 N–H and O–H groups in total. The normalized spacial score (nSPS) is 14.1. The van der Waals surface area contributed by atoms with Crippen molar-refractivity contribution in [3.05, 3.63) is 87.6 Å². The molecule has 0 saturated heterocycles. The van der Waals surface area contributed by atoms with Gasteiger partial charge in [-0.1, -0.05) is 64.5 Å². The summed E-state index contributed by atoms with van der Waals surface area (Å²) in [5, 5.41) is 1.43. The van der Waals surface area contributed by atoms with Crippen LogP contribution in [-0.4, -0.2) is 11.3 Å². The van der Waals surface area contributed by atoms with E-state index in [2.05, 4.69) is 80.9 Å². The Kier molecular flexibility index (Phi) is 3.14. The fourth-order valence-corrected chi connectivity index (χ4v) is 5.77. The lowest BCUT2D eigenvalue weighted by Crippen LogP contribution is -2.61. The van der Waals surface area contributed by atoms with Crippen molar-refractivity contribution >= 4 is 34.0 Å². The van der Waals surface area contributed by atoms with Gasteiger partial charge in [0.1, 0.15) is 0 Å². The molecule has 0 radical (unpaired) electrons. The van der Waals surface area contributed by atoms with Gasteiger partial charge in [-0.25, -0.2) is 0 Å². The van der Waals surface area contributed by atoms with Gasteiger partial charge in [0.25, 0.3) is 0 Å². The molecule has 136 valence electrons. The molecule has 3 heterocycles. The predicted molar refractivity (Wildman–Crippen MR) is 120 cm³/mol. The highest BCUT2D eigenvalue weighted by Gasteiger charge is 2.39. The highest BCUT2D eigenvalue weighted by atomic mass is 14.9. The van der Waals surface area contributed by atoms with Gasteiger partial charge < -0.3 is 4.57 Å². The van der Waals surface area contributed by atoms with Crippen molar-refractivity contribution in [3.63, 3.8) is 0 Å². The quantitative estimate of drug-likeness (QED) is 0.366. The number of fused-ring (bicyclic) bond motifs is 6. The molecule has 2 aliphatic rings. The van der Waals surface area contributed by atoms with Crippen LogP contribution in [0, 0.1) is 20.8 Å². The third-order valence-electron chi connectivity index (χ3n) is 6.94. The Morgan fingerprint density at radius 3 is 2.25 bits per heavy atom. The molecule has 0 bridgehead atoms. The van der Waals surface area contributed by atoms with Crippen molar-refractivity contribution in [1.82, 2.24) is 4.57 Å². The number of aryl methyl sites for hydroxylation is 4. The summed E-state index contributed by atoms with van der Waals surface area (Å²) in [4.78, 5) is 0. The summed E-state index contributed by atoms with van der Waals surface area (Å²) in [6, 6.07) is 18.9. The van der Waals surface area contributed by atoms with Crippen LogP contribution in [0.2, 0.25) is 0 Å². The van der Waals surface area contributed by atoms with Gasteiger partial charge >= 0.3 is 0 Å². The van der Waals surface area contributed by atoms with Gasteiger partial charge in [-0.05, 0) is 66.4 Å². The Labute approximate surface area is 167 Å². The first-order chi connectivity index (χ1) is 13.5. The first kappa shape index (κ1) is 16.2. The molecule has 0 atom stereocenters. The van der Waals surface area contributed by atoms with E-state index in [1.54, 1.807) is 10.9 Å². The Morgan fingerprint density at radius 2 is 1.43 bits per heavy atom. The number of hydrogen-bond donors (Lipinski definition) is 0. The van der Waals surface area contributed by atoms with Crippen molar-refractivity contribution in [2.24, 2.45) is 7.05 Å². The number of benzene rings is 3. The summed E-state index contributed by atoms with van der Waals surface area (Å²) in [5.41, 5.74) is 16.2. The van der Waals surface area contributed by atoms with Crippen molar-refractivity contribution in [3.8, 4) is 0 Å². The van der Waals surface area contributed by atoms with Crippen LogP contribution in [-0.2, 0) is 19.9 Å². The van der Waals surface area contributed by atoms with Gasteiger partial charge in [0.2, 0.25) is 6.71 Å². The Bertz CT molecular complexity index is 1310. The minimum absolute atomic E-state index is 0.365. The molecular formula is C26H24BN. The van der Waals surface area contributed by atoms with Crippen molar-refractivity contribution < 1.29 is 0 Å². The van der Waals surface area contributed by atoms with Crippen LogP contribution in [0.3, 0.4) is 0 Å². The number of rotatable bonds is 0. The second kappa shape index (κ2) is 5.41. The van der Waals surface area contributed by atoms with Gasteiger partial charge in [0.15, 0.2) is 0 Å². The molecule has 0 amide bonds. The molecule has 0 saturated carbocycles. The van der Waals surface area contributed by atoms with Crippen LogP contribution in [0.15, 0.2) is 48.5 Å². The summed E-state index contributed by atoms with van der Waals surface area (Å²) in [6.45, 7) is 7.03. The first-order valence-electron chi connectivity index (χ1n) is 10.3. The number of nitrogens with zero attached hydrogens (tertiary/aromatic N) is 1. The molecule has 28 heavy (non-hydrogen) atoms. The van der Waals surface area contributed by atoms with E-state index < -0.39 is 0 Å².